The van der Waals surface area contributed by atoms with Gasteiger partial charge in [0.05, 0.1) is 11.2 Å². The van der Waals surface area contributed by atoms with Crippen molar-refractivity contribution in [1.29, 1.82) is 0 Å². The Kier molecular flexibility index (Phi) is 4.56. The maximum absolute atomic E-state index is 12.9. The lowest BCUT2D eigenvalue weighted by Gasteiger charge is -2.32. The van der Waals surface area contributed by atoms with Crippen LogP contribution < -0.4 is 10.8 Å². The summed E-state index contributed by atoms with van der Waals surface area (Å²) in [7, 11) is -0.438. The normalized spacial score (nSPS) is 21.7. The van der Waals surface area contributed by atoms with Crippen molar-refractivity contribution in [2.24, 2.45) is 0 Å². The third-order valence-electron chi connectivity index (χ3n) is 6.40. The predicted molar refractivity (Wildman–Crippen MR) is 109 cm³/mol. The van der Waals surface area contributed by atoms with Crippen molar-refractivity contribution < 1.29 is 14.1 Å². The van der Waals surface area contributed by atoms with E-state index in [1.165, 1.54) is 12.8 Å². The van der Waals surface area contributed by atoms with Gasteiger partial charge in [-0.25, -0.2) is 0 Å². The summed E-state index contributed by atoms with van der Waals surface area (Å²) in [6.07, 6.45) is 4.56. The van der Waals surface area contributed by atoms with Gasteiger partial charge < -0.3 is 14.6 Å². The molecule has 4 nitrogen and oxygen atoms in total. The van der Waals surface area contributed by atoms with Gasteiger partial charge in [-0.2, -0.15) is 0 Å². The number of amides is 1. The summed E-state index contributed by atoms with van der Waals surface area (Å²) in [5, 5.41) is 5.15. The fourth-order valence-corrected chi connectivity index (χ4v) is 4.03. The zero-order valence-corrected chi connectivity index (χ0v) is 16.7. The van der Waals surface area contributed by atoms with Crippen molar-refractivity contribution in [3.63, 3.8) is 0 Å². The summed E-state index contributed by atoms with van der Waals surface area (Å²) < 4.78 is 12.5. The van der Waals surface area contributed by atoms with Crippen LogP contribution in [0.2, 0.25) is 0 Å². The fourth-order valence-electron chi connectivity index (χ4n) is 4.03. The van der Waals surface area contributed by atoms with E-state index in [0.29, 0.717) is 6.04 Å². The number of fused-ring (bicyclic) bond motifs is 1. The van der Waals surface area contributed by atoms with Gasteiger partial charge in [-0.3, -0.25) is 4.79 Å². The maximum Gasteiger partial charge on any atom is 0.495 e. The fraction of sp³-hybridized carbons (Fsp3) is 0.500. The van der Waals surface area contributed by atoms with Crippen molar-refractivity contribution >= 4 is 29.3 Å². The lowest BCUT2D eigenvalue weighted by molar-refractivity contribution is 0.00578. The van der Waals surface area contributed by atoms with E-state index in [4.69, 9.17) is 9.31 Å². The highest BCUT2D eigenvalue weighted by Gasteiger charge is 2.52. The molecule has 1 saturated carbocycles. The molecule has 5 heteroatoms. The smallest absolute Gasteiger partial charge is 0.399 e. The molecule has 142 valence electrons. The monoisotopic (exact) mass is 365 g/mol. The van der Waals surface area contributed by atoms with Crippen molar-refractivity contribution in [2.45, 2.75) is 70.6 Å². The Hall–Kier alpha value is -1.85. The molecular formula is C22H28BNO3. The minimum atomic E-state index is -0.438. The highest BCUT2D eigenvalue weighted by atomic mass is 16.7. The molecule has 2 fully saturated rings. The number of benzene rings is 2. The number of nitrogens with one attached hydrogen (secondary N) is 1. The molecule has 1 aliphatic heterocycles. The highest BCUT2D eigenvalue weighted by molar-refractivity contribution is 6.65. The quantitative estimate of drug-likeness (QED) is 0.842. The number of hydrogen-bond acceptors (Lipinski definition) is 3. The minimum absolute atomic E-state index is 0.0126. The molecule has 1 saturated heterocycles. The lowest BCUT2D eigenvalue weighted by Crippen LogP contribution is -2.41. The van der Waals surface area contributed by atoms with E-state index < -0.39 is 18.3 Å². The summed E-state index contributed by atoms with van der Waals surface area (Å²) in [6, 6.07) is 12.2. The average Bonchev–Trinajstić information content (AvgIpc) is 3.19. The van der Waals surface area contributed by atoms with E-state index in [0.717, 1.165) is 34.6 Å². The molecule has 0 radical (unpaired) electrons. The van der Waals surface area contributed by atoms with Crippen LogP contribution in [0.3, 0.4) is 0 Å². The topological polar surface area (TPSA) is 47.6 Å². The predicted octanol–water partition coefficient (Wildman–Crippen LogP) is 3.81. The van der Waals surface area contributed by atoms with Crippen LogP contribution in [0.4, 0.5) is 0 Å². The molecule has 27 heavy (non-hydrogen) atoms. The Balaban J connectivity index is 1.70. The van der Waals surface area contributed by atoms with E-state index in [9.17, 15) is 4.79 Å². The van der Waals surface area contributed by atoms with Gasteiger partial charge in [-0.05, 0) is 62.8 Å². The zero-order valence-electron chi connectivity index (χ0n) is 16.7. The van der Waals surface area contributed by atoms with Gasteiger partial charge in [-0.15, -0.1) is 0 Å². The second-order valence-electron chi connectivity index (χ2n) is 8.79. The minimum Gasteiger partial charge on any atom is -0.399 e. The summed E-state index contributed by atoms with van der Waals surface area (Å²) in [4.78, 5) is 12.9. The molecule has 0 aromatic heterocycles. The third-order valence-corrected chi connectivity index (χ3v) is 6.40. The Morgan fingerprint density at radius 3 is 2.19 bits per heavy atom. The Bertz CT molecular complexity index is 855. The molecule has 2 aromatic carbocycles. The first-order valence-electron chi connectivity index (χ1n) is 9.97. The molecule has 1 aliphatic carbocycles. The van der Waals surface area contributed by atoms with Crippen LogP contribution >= 0.6 is 0 Å². The summed E-state index contributed by atoms with van der Waals surface area (Å²) in [5.74, 6) is 0.0126. The molecule has 1 amide bonds. The van der Waals surface area contributed by atoms with Gasteiger partial charge in [-0.1, -0.05) is 43.2 Å². The Morgan fingerprint density at radius 1 is 0.963 bits per heavy atom. The number of rotatable bonds is 3. The molecule has 4 rings (SSSR count). The standard InChI is InChI=1S/C22H28BNO3/c1-21(2)22(3,4)27-23(26-21)19-14-13-18(16-11-7-8-12-17(16)19)20(25)24-15-9-5-6-10-15/h7-8,11-15H,5-6,9-10H2,1-4H3,(H,24,25). The number of hydrogen-bond donors (Lipinski definition) is 1. The van der Waals surface area contributed by atoms with E-state index in [1.807, 2.05) is 36.4 Å². The van der Waals surface area contributed by atoms with Crippen molar-refractivity contribution in [2.75, 3.05) is 0 Å². The number of carbonyl (C=O) groups is 1. The van der Waals surface area contributed by atoms with Crippen LogP contribution in [0.25, 0.3) is 10.8 Å². The van der Waals surface area contributed by atoms with Crippen LogP contribution in [-0.4, -0.2) is 30.3 Å². The zero-order chi connectivity index (χ0) is 19.2. The highest BCUT2D eigenvalue weighted by Crippen LogP contribution is 2.37. The van der Waals surface area contributed by atoms with Crippen LogP contribution in [0.1, 0.15) is 63.7 Å². The van der Waals surface area contributed by atoms with Crippen LogP contribution in [-0.2, 0) is 9.31 Å². The Morgan fingerprint density at radius 2 is 1.56 bits per heavy atom. The van der Waals surface area contributed by atoms with Gasteiger partial charge in [0.1, 0.15) is 0 Å². The van der Waals surface area contributed by atoms with Gasteiger partial charge >= 0.3 is 7.12 Å². The van der Waals surface area contributed by atoms with Crippen LogP contribution in [0.5, 0.6) is 0 Å². The number of carbonyl (C=O) groups excluding carboxylic acids is 1. The van der Waals surface area contributed by atoms with Crippen molar-refractivity contribution in [1.82, 2.24) is 5.32 Å². The van der Waals surface area contributed by atoms with Crippen LogP contribution in [0, 0.1) is 0 Å². The average molecular weight is 365 g/mol. The summed E-state index contributed by atoms with van der Waals surface area (Å²) >= 11 is 0. The SMILES string of the molecule is CC1(C)OB(c2ccc(C(=O)NC3CCCC3)c3ccccc23)OC1(C)C. The molecule has 1 heterocycles. The van der Waals surface area contributed by atoms with E-state index in [2.05, 4.69) is 33.0 Å². The van der Waals surface area contributed by atoms with Gasteiger partial charge in [0, 0.05) is 11.6 Å². The van der Waals surface area contributed by atoms with E-state index >= 15 is 0 Å². The van der Waals surface area contributed by atoms with Gasteiger partial charge in [0.2, 0.25) is 0 Å². The van der Waals surface area contributed by atoms with Gasteiger partial charge in [0.15, 0.2) is 0 Å². The van der Waals surface area contributed by atoms with Crippen molar-refractivity contribution in [3.05, 3.63) is 42.0 Å². The van der Waals surface area contributed by atoms with Gasteiger partial charge in [0.25, 0.3) is 5.91 Å². The molecule has 0 bridgehead atoms. The van der Waals surface area contributed by atoms with Crippen LogP contribution in [0.15, 0.2) is 36.4 Å². The second-order valence-corrected chi connectivity index (χ2v) is 8.79. The van der Waals surface area contributed by atoms with E-state index in [1.54, 1.807) is 0 Å². The second kappa shape index (κ2) is 6.64. The summed E-state index contributed by atoms with van der Waals surface area (Å²) in [6.45, 7) is 8.22. The van der Waals surface area contributed by atoms with E-state index in [-0.39, 0.29) is 5.91 Å². The third kappa shape index (κ3) is 3.28. The largest absolute Gasteiger partial charge is 0.495 e. The van der Waals surface area contributed by atoms with Crippen molar-refractivity contribution in [3.8, 4) is 0 Å². The first kappa shape index (κ1) is 18.5. The summed E-state index contributed by atoms with van der Waals surface area (Å²) in [5.41, 5.74) is 0.911. The maximum atomic E-state index is 12.9. The Labute approximate surface area is 161 Å². The molecule has 2 aromatic rings. The lowest BCUT2D eigenvalue weighted by atomic mass is 9.75. The first-order chi connectivity index (χ1) is 12.8. The molecular weight excluding hydrogens is 337 g/mol. The molecule has 1 N–H and O–H groups in total. The molecule has 0 unspecified atom stereocenters. The molecule has 2 aliphatic rings. The molecule has 0 spiro atoms. The molecule has 0 atom stereocenters. The first-order valence-corrected chi connectivity index (χ1v) is 9.97.